The molecule has 1 aromatic heterocycles. The summed E-state index contributed by atoms with van der Waals surface area (Å²) >= 11 is 0. The van der Waals surface area contributed by atoms with Gasteiger partial charge >= 0.3 is 5.97 Å². The van der Waals surface area contributed by atoms with E-state index in [2.05, 4.69) is 76.7 Å². The number of ether oxygens (including phenoxy) is 1. The van der Waals surface area contributed by atoms with E-state index in [-0.39, 0.29) is 11.6 Å². The van der Waals surface area contributed by atoms with Gasteiger partial charge in [-0.05, 0) is 79.3 Å². The van der Waals surface area contributed by atoms with Crippen LogP contribution in [0.2, 0.25) is 0 Å². The number of carboxylic acids is 1. The van der Waals surface area contributed by atoms with Crippen molar-refractivity contribution >= 4 is 23.0 Å². The van der Waals surface area contributed by atoms with Crippen molar-refractivity contribution in [1.82, 2.24) is 9.88 Å². The zero-order valence-electron chi connectivity index (χ0n) is 21.0. The highest BCUT2D eigenvalue weighted by atomic mass is 16.5. The van der Waals surface area contributed by atoms with E-state index in [1.807, 2.05) is 0 Å². The third kappa shape index (κ3) is 5.08. The van der Waals surface area contributed by atoms with Gasteiger partial charge in [-0.1, -0.05) is 18.2 Å². The summed E-state index contributed by atoms with van der Waals surface area (Å²) in [5.74, 6) is -0.353. The fourth-order valence-electron chi connectivity index (χ4n) is 5.38. The average molecular weight is 487 g/mol. The Hall–Kier alpha value is -3.42. The zero-order chi connectivity index (χ0) is 25.1. The van der Waals surface area contributed by atoms with E-state index in [9.17, 15) is 9.90 Å². The molecule has 188 valence electrons. The van der Waals surface area contributed by atoms with Gasteiger partial charge in [0.05, 0.1) is 23.5 Å². The highest BCUT2D eigenvalue weighted by molar-refractivity contribution is 5.93. The second-order valence-corrected chi connectivity index (χ2v) is 9.77. The van der Waals surface area contributed by atoms with Crippen molar-refractivity contribution in [3.63, 3.8) is 0 Å². The van der Waals surface area contributed by atoms with Gasteiger partial charge in [-0.2, -0.15) is 0 Å². The van der Waals surface area contributed by atoms with Gasteiger partial charge < -0.3 is 20.1 Å². The molecule has 0 bridgehead atoms. The molecule has 2 aromatic carbocycles. The molecule has 2 N–H and O–H groups in total. The first-order valence-electron chi connectivity index (χ1n) is 12.7. The van der Waals surface area contributed by atoms with E-state index >= 15 is 0 Å². The Kier molecular flexibility index (Phi) is 7.20. The van der Waals surface area contributed by atoms with Gasteiger partial charge in [-0.25, -0.2) is 4.79 Å². The molecule has 1 atom stereocenters. The second kappa shape index (κ2) is 10.7. The van der Waals surface area contributed by atoms with Crippen molar-refractivity contribution < 1.29 is 14.6 Å². The van der Waals surface area contributed by atoms with E-state index in [1.54, 1.807) is 6.20 Å². The molecule has 1 saturated heterocycles. The monoisotopic (exact) mass is 486 g/mol. The van der Waals surface area contributed by atoms with Crippen LogP contribution in [0.1, 0.15) is 51.8 Å². The lowest BCUT2D eigenvalue weighted by Gasteiger charge is -2.36. The number of hydrogen-bond donors (Lipinski definition) is 2. The molecule has 3 heterocycles. The Balaban J connectivity index is 1.31. The number of anilines is 3. The quantitative estimate of drug-likeness (QED) is 0.482. The fourth-order valence-corrected chi connectivity index (χ4v) is 5.38. The summed E-state index contributed by atoms with van der Waals surface area (Å²) < 4.78 is 5.51. The molecule has 0 spiro atoms. The minimum atomic E-state index is -0.953. The molecular weight excluding hydrogens is 452 g/mol. The van der Waals surface area contributed by atoms with Crippen LogP contribution < -0.4 is 10.2 Å². The molecule has 5 rings (SSSR count). The maximum Gasteiger partial charge on any atom is 0.337 e. The van der Waals surface area contributed by atoms with Gasteiger partial charge in [0.25, 0.3) is 0 Å². The number of rotatable bonds is 7. The highest BCUT2D eigenvalue weighted by Crippen LogP contribution is 2.35. The van der Waals surface area contributed by atoms with Gasteiger partial charge in [0.2, 0.25) is 0 Å². The second-order valence-electron chi connectivity index (χ2n) is 9.77. The summed E-state index contributed by atoms with van der Waals surface area (Å²) in [6.45, 7) is 3.27. The molecule has 7 nitrogen and oxygen atoms in total. The normalized spacial score (nSPS) is 18.4. The number of pyridine rings is 1. The molecule has 0 saturated carbocycles. The van der Waals surface area contributed by atoms with Crippen LogP contribution in [0.3, 0.4) is 0 Å². The minimum absolute atomic E-state index is 0.147. The predicted molar refractivity (Wildman–Crippen MR) is 143 cm³/mol. The van der Waals surface area contributed by atoms with Crippen molar-refractivity contribution in [1.29, 1.82) is 0 Å². The molecule has 0 amide bonds. The average Bonchev–Trinajstić information content (AvgIpc) is 2.92. The Morgan fingerprint density at radius 3 is 2.64 bits per heavy atom. The highest BCUT2D eigenvalue weighted by Gasteiger charge is 2.26. The summed E-state index contributed by atoms with van der Waals surface area (Å²) in [5, 5.41) is 12.8. The third-order valence-corrected chi connectivity index (χ3v) is 7.65. The van der Waals surface area contributed by atoms with Crippen LogP contribution in [0.25, 0.3) is 0 Å². The topological polar surface area (TPSA) is 77.9 Å². The number of carboxylic acid groups (broad SMARTS) is 1. The number of fused-ring (bicyclic) bond motifs is 1. The van der Waals surface area contributed by atoms with E-state index < -0.39 is 5.97 Å². The van der Waals surface area contributed by atoms with Crippen LogP contribution in [-0.4, -0.2) is 61.4 Å². The first-order valence-corrected chi connectivity index (χ1v) is 12.7. The summed E-state index contributed by atoms with van der Waals surface area (Å²) in [5.41, 5.74) is 7.16. The van der Waals surface area contributed by atoms with Crippen molar-refractivity contribution in [2.24, 2.45) is 0 Å². The molecule has 1 fully saturated rings. The Bertz CT molecular complexity index is 1210. The standard InChI is InChI=1S/C29H34N4O3/c1-32-14-10-22-17-24(33(2)23-5-3-20(4-6-23)21-11-15-36-16-12-21)7-8-25(22)28(32)19-31-27-18-30-13-9-26(27)29(34)35/h3-9,13,17-18,21,28,31H,10-12,14-16,19H2,1-2H3,(H,34,35)/t28-/m1/s1. The van der Waals surface area contributed by atoms with Gasteiger partial charge in [-0.15, -0.1) is 0 Å². The third-order valence-electron chi connectivity index (χ3n) is 7.65. The molecule has 3 aromatic rings. The Labute approximate surface area is 212 Å². The minimum Gasteiger partial charge on any atom is -0.478 e. The molecule has 2 aliphatic heterocycles. The van der Waals surface area contributed by atoms with E-state index in [1.165, 1.54) is 40.3 Å². The van der Waals surface area contributed by atoms with Crippen molar-refractivity contribution in [2.45, 2.75) is 31.2 Å². The molecule has 7 heteroatoms. The number of aromatic nitrogens is 1. The maximum absolute atomic E-state index is 11.6. The maximum atomic E-state index is 11.6. The lowest BCUT2D eigenvalue weighted by Crippen LogP contribution is -2.36. The van der Waals surface area contributed by atoms with Crippen LogP contribution in [0.4, 0.5) is 17.1 Å². The van der Waals surface area contributed by atoms with Crippen LogP contribution in [-0.2, 0) is 11.2 Å². The number of likely N-dealkylation sites (N-methyl/N-ethyl adjacent to an activating group) is 1. The Morgan fingerprint density at radius 1 is 1.14 bits per heavy atom. The van der Waals surface area contributed by atoms with Gasteiger partial charge in [0.1, 0.15) is 0 Å². The van der Waals surface area contributed by atoms with Crippen molar-refractivity contribution in [3.8, 4) is 0 Å². The van der Waals surface area contributed by atoms with Crippen LogP contribution in [0.15, 0.2) is 60.9 Å². The number of nitrogens with one attached hydrogen (secondary N) is 1. The predicted octanol–water partition coefficient (Wildman–Crippen LogP) is 5.08. The van der Waals surface area contributed by atoms with E-state index in [0.717, 1.165) is 39.0 Å². The SMILES string of the molecule is CN(c1ccc(C2CCOCC2)cc1)c1ccc2c(c1)CCN(C)[C@@H]2CNc1cnccc1C(=O)O. The van der Waals surface area contributed by atoms with Gasteiger partial charge in [-0.3, -0.25) is 9.88 Å². The molecule has 0 unspecified atom stereocenters. The summed E-state index contributed by atoms with van der Waals surface area (Å²) in [4.78, 5) is 20.2. The first kappa shape index (κ1) is 24.3. The van der Waals surface area contributed by atoms with E-state index in [0.29, 0.717) is 18.2 Å². The zero-order valence-corrected chi connectivity index (χ0v) is 21.0. The Morgan fingerprint density at radius 2 is 1.89 bits per heavy atom. The lowest BCUT2D eigenvalue weighted by atomic mass is 9.91. The van der Waals surface area contributed by atoms with Gasteiger partial charge in [0, 0.05) is 50.9 Å². The number of aromatic carboxylic acids is 1. The van der Waals surface area contributed by atoms with Crippen LogP contribution >= 0.6 is 0 Å². The summed E-state index contributed by atoms with van der Waals surface area (Å²) in [6.07, 6.45) is 6.28. The van der Waals surface area contributed by atoms with Crippen molar-refractivity contribution in [3.05, 3.63) is 83.2 Å². The van der Waals surface area contributed by atoms with E-state index in [4.69, 9.17) is 4.74 Å². The molecule has 0 aliphatic carbocycles. The van der Waals surface area contributed by atoms with Crippen molar-refractivity contribution in [2.75, 3.05) is 50.6 Å². The van der Waals surface area contributed by atoms with Crippen LogP contribution in [0, 0.1) is 0 Å². The number of benzene rings is 2. The smallest absolute Gasteiger partial charge is 0.337 e. The number of nitrogens with zero attached hydrogens (tertiary/aromatic N) is 3. The first-order chi connectivity index (χ1) is 17.5. The summed E-state index contributed by atoms with van der Waals surface area (Å²) in [6, 6.07) is 17.4. The largest absolute Gasteiger partial charge is 0.478 e. The number of carbonyl (C=O) groups is 1. The molecular formula is C29H34N4O3. The lowest BCUT2D eigenvalue weighted by molar-refractivity contribution is 0.0697. The molecule has 2 aliphatic rings. The fraction of sp³-hybridized carbons (Fsp3) is 0.379. The summed E-state index contributed by atoms with van der Waals surface area (Å²) in [7, 11) is 4.24. The van der Waals surface area contributed by atoms with Gasteiger partial charge in [0.15, 0.2) is 0 Å². The molecule has 0 radical (unpaired) electrons. The number of hydrogen-bond acceptors (Lipinski definition) is 6. The molecule has 36 heavy (non-hydrogen) atoms. The van der Waals surface area contributed by atoms with Crippen LogP contribution in [0.5, 0.6) is 0 Å².